The molecule has 2 rings (SSSR count). The molecule has 0 saturated heterocycles. The summed E-state index contributed by atoms with van der Waals surface area (Å²) in [5.41, 5.74) is 0.358. The molecule has 5 nitrogen and oxygen atoms in total. The Labute approximate surface area is 130 Å². The number of sulfone groups is 2. The van der Waals surface area contributed by atoms with E-state index < -0.39 is 19.7 Å². The first-order valence-corrected chi connectivity index (χ1v) is 9.59. The van der Waals surface area contributed by atoms with Crippen molar-refractivity contribution in [2.45, 2.75) is 14.7 Å². The third kappa shape index (κ3) is 3.00. The number of ether oxygens (including phenoxy) is 1. The quantitative estimate of drug-likeness (QED) is 0.852. The van der Waals surface area contributed by atoms with Crippen LogP contribution in [0.5, 0.6) is 5.75 Å². The van der Waals surface area contributed by atoms with E-state index in [4.69, 9.17) is 4.74 Å². The maximum absolute atomic E-state index is 12.7. The second kappa shape index (κ2) is 5.73. The molecule has 0 saturated carbocycles. The van der Waals surface area contributed by atoms with Crippen molar-refractivity contribution in [2.75, 3.05) is 13.4 Å². The SMILES string of the molecule is [CH2]c1ccccc1S(=O)(=O)c1ccc(S(C)(=O)=O)cc1OC. The summed E-state index contributed by atoms with van der Waals surface area (Å²) in [4.78, 5) is -0.0508. The largest absolute Gasteiger partial charge is 0.495 e. The highest BCUT2D eigenvalue weighted by atomic mass is 32.2. The van der Waals surface area contributed by atoms with Crippen LogP contribution in [0.3, 0.4) is 0 Å². The molecule has 117 valence electrons. The Morgan fingerprint density at radius 2 is 1.59 bits per heavy atom. The summed E-state index contributed by atoms with van der Waals surface area (Å²) < 4.78 is 53.7. The van der Waals surface area contributed by atoms with E-state index in [1.54, 1.807) is 18.2 Å². The molecule has 1 radical (unpaired) electrons. The van der Waals surface area contributed by atoms with Crippen molar-refractivity contribution in [3.8, 4) is 5.75 Å². The summed E-state index contributed by atoms with van der Waals surface area (Å²) in [7, 11) is -6.03. The predicted molar refractivity (Wildman–Crippen MR) is 82.5 cm³/mol. The van der Waals surface area contributed by atoms with Gasteiger partial charge in [-0.25, -0.2) is 16.8 Å². The highest BCUT2D eigenvalue weighted by Gasteiger charge is 2.25. The van der Waals surface area contributed by atoms with Crippen LogP contribution < -0.4 is 4.74 Å². The monoisotopic (exact) mass is 339 g/mol. The third-order valence-corrected chi connectivity index (χ3v) is 6.12. The molecule has 0 amide bonds. The van der Waals surface area contributed by atoms with Gasteiger partial charge in [-0.15, -0.1) is 0 Å². The smallest absolute Gasteiger partial charge is 0.210 e. The molecule has 0 aliphatic carbocycles. The number of benzene rings is 2. The van der Waals surface area contributed by atoms with Gasteiger partial charge in [-0.2, -0.15) is 0 Å². The second-order valence-corrected chi connectivity index (χ2v) is 8.60. The van der Waals surface area contributed by atoms with Crippen LogP contribution in [-0.4, -0.2) is 30.2 Å². The summed E-state index contributed by atoms with van der Waals surface area (Å²) in [5.74, 6) is -0.0221. The van der Waals surface area contributed by atoms with Gasteiger partial charge < -0.3 is 4.74 Å². The Morgan fingerprint density at radius 3 is 2.14 bits per heavy atom. The molecular formula is C15H15O5S2. The van der Waals surface area contributed by atoms with E-state index in [0.717, 1.165) is 6.26 Å². The van der Waals surface area contributed by atoms with Gasteiger partial charge in [-0.1, -0.05) is 18.2 Å². The van der Waals surface area contributed by atoms with Crippen molar-refractivity contribution in [3.63, 3.8) is 0 Å². The molecular weight excluding hydrogens is 324 g/mol. The maximum Gasteiger partial charge on any atom is 0.210 e. The minimum Gasteiger partial charge on any atom is -0.495 e. The lowest BCUT2D eigenvalue weighted by Crippen LogP contribution is -2.07. The van der Waals surface area contributed by atoms with Gasteiger partial charge in [-0.05, 0) is 30.7 Å². The van der Waals surface area contributed by atoms with Gasteiger partial charge in [0.15, 0.2) is 9.84 Å². The van der Waals surface area contributed by atoms with Crippen LogP contribution in [0.15, 0.2) is 57.2 Å². The number of hydrogen-bond acceptors (Lipinski definition) is 5. The van der Waals surface area contributed by atoms with E-state index in [1.165, 1.54) is 31.4 Å². The summed E-state index contributed by atoms with van der Waals surface area (Å²) >= 11 is 0. The summed E-state index contributed by atoms with van der Waals surface area (Å²) in [6.45, 7) is 3.71. The molecule has 0 fully saturated rings. The highest BCUT2D eigenvalue weighted by Crippen LogP contribution is 2.32. The summed E-state index contributed by atoms with van der Waals surface area (Å²) in [5, 5.41) is 0. The van der Waals surface area contributed by atoms with Gasteiger partial charge >= 0.3 is 0 Å². The standard InChI is InChI=1S/C15H15O5S2/c1-11-6-4-5-7-14(11)22(18,19)15-9-8-12(21(3,16)17)10-13(15)20-2/h4-10H,1H2,2-3H3. The maximum atomic E-state index is 12.7. The molecule has 0 spiro atoms. The zero-order chi connectivity index (χ0) is 16.5. The molecule has 2 aromatic carbocycles. The Balaban J connectivity index is 2.70. The zero-order valence-corrected chi connectivity index (χ0v) is 13.7. The van der Waals surface area contributed by atoms with Gasteiger partial charge in [0.25, 0.3) is 0 Å². The van der Waals surface area contributed by atoms with Gasteiger partial charge in [-0.3, -0.25) is 0 Å². The van der Waals surface area contributed by atoms with Gasteiger partial charge in [0.05, 0.1) is 16.9 Å². The van der Waals surface area contributed by atoms with Gasteiger partial charge in [0.1, 0.15) is 10.6 Å². The predicted octanol–water partition coefficient (Wildman–Crippen LogP) is 2.11. The summed E-state index contributed by atoms with van der Waals surface area (Å²) in [6, 6.07) is 10.00. The molecule has 0 N–H and O–H groups in total. The first kappa shape index (κ1) is 16.5. The van der Waals surface area contributed by atoms with Crippen molar-refractivity contribution in [3.05, 3.63) is 55.0 Å². The van der Waals surface area contributed by atoms with Crippen molar-refractivity contribution in [1.82, 2.24) is 0 Å². The number of rotatable bonds is 4. The molecule has 0 heterocycles. The molecule has 0 aliphatic rings. The van der Waals surface area contributed by atoms with Crippen molar-refractivity contribution in [1.29, 1.82) is 0 Å². The van der Waals surface area contributed by atoms with E-state index in [1.807, 2.05) is 0 Å². The van der Waals surface area contributed by atoms with Crippen LogP contribution in [0.25, 0.3) is 0 Å². The minimum atomic E-state index is -3.86. The Hall–Kier alpha value is -1.86. The Bertz CT molecular complexity index is 913. The molecule has 22 heavy (non-hydrogen) atoms. The third-order valence-electron chi connectivity index (χ3n) is 3.11. The second-order valence-electron chi connectivity index (χ2n) is 4.70. The fourth-order valence-electron chi connectivity index (χ4n) is 1.99. The average molecular weight is 339 g/mol. The first-order chi connectivity index (χ1) is 10.2. The van der Waals surface area contributed by atoms with Crippen LogP contribution in [0.1, 0.15) is 5.56 Å². The van der Waals surface area contributed by atoms with E-state index in [9.17, 15) is 16.8 Å². The molecule has 7 heteroatoms. The molecule has 0 aliphatic heterocycles. The van der Waals surface area contributed by atoms with Crippen LogP contribution in [0.4, 0.5) is 0 Å². The lowest BCUT2D eigenvalue weighted by molar-refractivity contribution is 0.401. The molecule has 0 atom stereocenters. The van der Waals surface area contributed by atoms with Crippen LogP contribution in [0.2, 0.25) is 0 Å². The van der Waals surface area contributed by atoms with E-state index in [2.05, 4.69) is 6.92 Å². The summed E-state index contributed by atoms with van der Waals surface area (Å²) in [6.07, 6.45) is 1.04. The first-order valence-electron chi connectivity index (χ1n) is 6.22. The average Bonchev–Trinajstić information content (AvgIpc) is 2.45. The molecule has 0 unspecified atom stereocenters. The topological polar surface area (TPSA) is 77.5 Å². The Morgan fingerprint density at radius 1 is 0.955 bits per heavy atom. The van der Waals surface area contributed by atoms with E-state index in [0.29, 0.717) is 5.56 Å². The fourth-order valence-corrected chi connectivity index (χ4v) is 4.18. The van der Waals surface area contributed by atoms with Crippen molar-refractivity contribution >= 4 is 19.7 Å². The Kier molecular flexibility index (Phi) is 4.30. The van der Waals surface area contributed by atoms with Gasteiger partial charge in [0, 0.05) is 12.3 Å². The highest BCUT2D eigenvalue weighted by molar-refractivity contribution is 7.91. The lowest BCUT2D eigenvalue weighted by atomic mass is 10.2. The minimum absolute atomic E-state index is 0.00814. The molecule has 2 aromatic rings. The van der Waals surface area contributed by atoms with Gasteiger partial charge in [0.2, 0.25) is 9.84 Å². The van der Waals surface area contributed by atoms with Crippen molar-refractivity contribution < 1.29 is 21.6 Å². The van der Waals surface area contributed by atoms with Crippen LogP contribution >= 0.6 is 0 Å². The van der Waals surface area contributed by atoms with E-state index in [-0.39, 0.29) is 20.4 Å². The van der Waals surface area contributed by atoms with E-state index >= 15 is 0 Å². The fraction of sp³-hybridized carbons (Fsp3) is 0.133. The lowest BCUT2D eigenvalue weighted by Gasteiger charge is -2.12. The van der Waals surface area contributed by atoms with Crippen LogP contribution in [0, 0.1) is 6.92 Å². The normalized spacial score (nSPS) is 12.1. The van der Waals surface area contributed by atoms with Crippen molar-refractivity contribution in [2.24, 2.45) is 0 Å². The van der Waals surface area contributed by atoms with Crippen LogP contribution in [-0.2, 0) is 19.7 Å². The molecule has 0 aromatic heterocycles. The number of methoxy groups -OCH3 is 1. The zero-order valence-electron chi connectivity index (χ0n) is 12.1. The molecule has 0 bridgehead atoms. The number of hydrogen-bond donors (Lipinski definition) is 0.